The van der Waals surface area contributed by atoms with Gasteiger partial charge in [-0.05, 0) is 41.8 Å². The van der Waals surface area contributed by atoms with E-state index in [0.29, 0.717) is 25.1 Å². The van der Waals surface area contributed by atoms with Crippen LogP contribution in [0.5, 0.6) is 0 Å². The number of pyridine rings is 1. The van der Waals surface area contributed by atoms with Crippen molar-refractivity contribution in [1.29, 1.82) is 0 Å². The molecule has 0 aliphatic carbocycles. The molecule has 0 saturated carbocycles. The average Bonchev–Trinajstić information content (AvgIpc) is 2.76. The number of aryl methyl sites for hydroxylation is 1. The van der Waals surface area contributed by atoms with Crippen molar-refractivity contribution in [2.24, 2.45) is 0 Å². The van der Waals surface area contributed by atoms with E-state index in [-0.39, 0.29) is 11.8 Å². The molecule has 0 bridgehead atoms. The van der Waals surface area contributed by atoms with Gasteiger partial charge in [0, 0.05) is 24.7 Å². The molecule has 3 rings (SSSR count). The zero-order chi connectivity index (χ0) is 19.6. The van der Waals surface area contributed by atoms with E-state index in [1.54, 1.807) is 18.3 Å². The van der Waals surface area contributed by atoms with E-state index >= 15 is 0 Å². The highest BCUT2D eigenvalue weighted by molar-refractivity contribution is 5.94. The molecular weight excluding hydrogens is 350 g/mol. The third kappa shape index (κ3) is 6.06. The number of benzene rings is 2. The summed E-state index contributed by atoms with van der Waals surface area (Å²) in [6, 6.07) is 22.8. The fraction of sp³-hybridized carbons (Fsp3) is 0.174. The largest absolute Gasteiger partial charge is 0.352 e. The van der Waals surface area contributed by atoms with Crippen molar-refractivity contribution in [1.82, 2.24) is 15.6 Å². The topological polar surface area (TPSA) is 71.1 Å². The van der Waals surface area contributed by atoms with Crippen molar-refractivity contribution in [2.75, 3.05) is 0 Å². The Hall–Kier alpha value is -3.47. The molecule has 0 aliphatic rings. The molecule has 142 valence electrons. The first-order valence-corrected chi connectivity index (χ1v) is 9.28. The predicted octanol–water partition coefficient (Wildman–Crippen LogP) is 3.26. The molecule has 0 atom stereocenters. The first kappa shape index (κ1) is 19.3. The van der Waals surface area contributed by atoms with Gasteiger partial charge >= 0.3 is 0 Å². The summed E-state index contributed by atoms with van der Waals surface area (Å²) in [6.07, 6.45) is 2.88. The van der Waals surface area contributed by atoms with Crippen LogP contribution in [-0.4, -0.2) is 16.8 Å². The fourth-order valence-electron chi connectivity index (χ4n) is 2.74. The van der Waals surface area contributed by atoms with E-state index in [1.165, 1.54) is 0 Å². The fourth-order valence-corrected chi connectivity index (χ4v) is 2.74. The van der Waals surface area contributed by atoms with Crippen molar-refractivity contribution >= 4 is 11.8 Å². The first-order valence-electron chi connectivity index (χ1n) is 9.28. The van der Waals surface area contributed by atoms with Crippen molar-refractivity contribution in [3.05, 3.63) is 101 Å². The van der Waals surface area contributed by atoms with Gasteiger partial charge in [0.05, 0.1) is 12.2 Å². The molecule has 2 amide bonds. The molecule has 2 N–H and O–H groups in total. The Morgan fingerprint density at radius 3 is 2.21 bits per heavy atom. The van der Waals surface area contributed by atoms with Crippen molar-refractivity contribution < 1.29 is 9.59 Å². The third-order valence-corrected chi connectivity index (χ3v) is 4.35. The van der Waals surface area contributed by atoms with Gasteiger partial charge in [-0.1, -0.05) is 48.5 Å². The molecular formula is C23H23N3O2. The Morgan fingerprint density at radius 2 is 1.50 bits per heavy atom. The maximum absolute atomic E-state index is 12.2. The molecule has 5 heteroatoms. The van der Waals surface area contributed by atoms with Crippen molar-refractivity contribution in [3.63, 3.8) is 0 Å². The minimum Gasteiger partial charge on any atom is -0.352 e. The van der Waals surface area contributed by atoms with E-state index in [4.69, 9.17) is 0 Å². The van der Waals surface area contributed by atoms with Gasteiger partial charge in [-0.25, -0.2) is 0 Å². The van der Waals surface area contributed by atoms with E-state index in [1.807, 2.05) is 60.7 Å². The monoisotopic (exact) mass is 373 g/mol. The number of hydrogen-bond acceptors (Lipinski definition) is 3. The SMILES string of the molecule is O=C(CCc1ccccc1)NCc1ccc(C(=O)NCc2ccccn2)cc1. The molecule has 5 nitrogen and oxygen atoms in total. The molecule has 0 fully saturated rings. The van der Waals surface area contributed by atoms with Gasteiger partial charge in [0.1, 0.15) is 0 Å². The highest BCUT2D eigenvalue weighted by Crippen LogP contribution is 2.06. The Bertz CT molecular complexity index is 894. The van der Waals surface area contributed by atoms with Crippen molar-refractivity contribution in [2.45, 2.75) is 25.9 Å². The van der Waals surface area contributed by atoms with Crippen LogP contribution in [0.1, 0.15) is 33.6 Å². The molecule has 1 heterocycles. The Balaban J connectivity index is 1.42. The van der Waals surface area contributed by atoms with Gasteiger partial charge in [0.15, 0.2) is 0 Å². The summed E-state index contributed by atoms with van der Waals surface area (Å²) in [6.45, 7) is 0.836. The number of carbonyl (C=O) groups excluding carboxylic acids is 2. The third-order valence-electron chi connectivity index (χ3n) is 4.35. The van der Waals surface area contributed by atoms with Gasteiger partial charge in [0.25, 0.3) is 5.91 Å². The van der Waals surface area contributed by atoms with Gasteiger partial charge in [-0.15, -0.1) is 0 Å². The molecule has 0 radical (unpaired) electrons. The number of nitrogens with zero attached hydrogens (tertiary/aromatic N) is 1. The molecule has 28 heavy (non-hydrogen) atoms. The minimum absolute atomic E-state index is 0.0148. The number of amides is 2. The molecule has 1 aromatic heterocycles. The van der Waals surface area contributed by atoms with Crippen LogP contribution >= 0.6 is 0 Å². The second-order valence-corrected chi connectivity index (χ2v) is 6.46. The van der Waals surface area contributed by atoms with Crippen LogP contribution < -0.4 is 10.6 Å². The van der Waals surface area contributed by atoms with Crippen LogP contribution in [0.25, 0.3) is 0 Å². The Morgan fingerprint density at radius 1 is 0.750 bits per heavy atom. The molecule has 0 unspecified atom stereocenters. The Kier molecular flexibility index (Phi) is 6.90. The van der Waals surface area contributed by atoms with Crippen molar-refractivity contribution in [3.8, 4) is 0 Å². The highest BCUT2D eigenvalue weighted by Gasteiger charge is 2.06. The maximum Gasteiger partial charge on any atom is 0.251 e. The number of carbonyl (C=O) groups is 2. The Labute approximate surface area is 164 Å². The highest BCUT2D eigenvalue weighted by atomic mass is 16.2. The minimum atomic E-state index is -0.149. The summed E-state index contributed by atoms with van der Waals surface area (Å²) in [5.41, 5.74) is 3.49. The van der Waals surface area contributed by atoms with Crippen LogP contribution in [0.3, 0.4) is 0 Å². The van der Waals surface area contributed by atoms with Crippen LogP contribution in [0.4, 0.5) is 0 Å². The summed E-state index contributed by atoms with van der Waals surface area (Å²) in [7, 11) is 0. The van der Waals surface area contributed by atoms with Gasteiger partial charge in [-0.2, -0.15) is 0 Å². The summed E-state index contributed by atoms with van der Waals surface area (Å²) >= 11 is 0. The normalized spacial score (nSPS) is 10.3. The van der Waals surface area contributed by atoms with Crippen LogP contribution in [0, 0.1) is 0 Å². The standard InChI is InChI=1S/C23H23N3O2/c27-22(14-11-18-6-2-1-3-7-18)25-16-19-9-12-20(13-10-19)23(28)26-17-21-8-4-5-15-24-21/h1-10,12-13,15H,11,14,16-17H2,(H,25,27)(H,26,28). The zero-order valence-corrected chi connectivity index (χ0v) is 15.6. The maximum atomic E-state index is 12.2. The zero-order valence-electron chi connectivity index (χ0n) is 15.6. The summed E-state index contributed by atoms with van der Waals surface area (Å²) in [5.74, 6) is -0.134. The molecule has 0 aliphatic heterocycles. The smallest absolute Gasteiger partial charge is 0.251 e. The molecule has 0 saturated heterocycles. The number of nitrogens with one attached hydrogen (secondary N) is 2. The number of rotatable bonds is 8. The lowest BCUT2D eigenvalue weighted by molar-refractivity contribution is -0.121. The lowest BCUT2D eigenvalue weighted by atomic mass is 10.1. The molecule has 3 aromatic rings. The lowest BCUT2D eigenvalue weighted by Crippen LogP contribution is -2.24. The van der Waals surface area contributed by atoms with E-state index in [2.05, 4.69) is 15.6 Å². The van der Waals surface area contributed by atoms with E-state index < -0.39 is 0 Å². The second kappa shape index (κ2) is 10.0. The summed E-state index contributed by atoms with van der Waals surface area (Å²) < 4.78 is 0. The van der Waals surface area contributed by atoms with Gasteiger partial charge in [-0.3, -0.25) is 14.6 Å². The predicted molar refractivity (Wildman–Crippen MR) is 108 cm³/mol. The number of hydrogen-bond donors (Lipinski definition) is 2. The van der Waals surface area contributed by atoms with Crippen LogP contribution in [0.2, 0.25) is 0 Å². The number of aromatic nitrogens is 1. The lowest BCUT2D eigenvalue weighted by Gasteiger charge is -2.08. The first-order chi connectivity index (χ1) is 13.7. The van der Waals surface area contributed by atoms with E-state index in [0.717, 1.165) is 23.2 Å². The quantitative estimate of drug-likeness (QED) is 0.637. The second-order valence-electron chi connectivity index (χ2n) is 6.46. The average molecular weight is 373 g/mol. The van der Waals surface area contributed by atoms with E-state index in [9.17, 15) is 9.59 Å². The van der Waals surface area contributed by atoms with Gasteiger partial charge < -0.3 is 10.6 Å². The summed E-state index contributed by atoms with van der Waals surface area (Å²) in [5, 5.41) is 5.76. The van der Waals surface area contributed by atoms with Crippen LogP contribution in [0.15, 0.2) is 79.0 Å². The molecule has 2 aromatic carbocycles. The van der Waals surface area contributed by atoms with Gasteiger partial charge in [0.2, 0.25) is 5.91 Å². The summed E-state index contributed by atoms with van der Waals surface area (Å²) in [4.78, 5) is 28.4. The van der Waals surface area contributed by atoms with Crippen LogP contribution in [-0.2, 0) is 24.3 Å². The molecule has 0 spiro atoms.